The molecule has 2 heterocycles. The van der Waals surface area contributed by atoms with E-state index in [0.29, 0.717) is 47.3 Å². The summed E-state index contributed by atoms with van der Waals surface area (Å²) < 4.78 is 34.4. The molecule has 2 saturated heterocycles. The van der Waals surface area contributed by atoms with Gasteiger partial charge in [0.1, 0.15) is 48.4 Å². The summed E-state index contributed by atoms with van der Waals surface area (Å²) in [4.78, 5) is 57.5. The number of benzene rings is 4. The summed E-state index contributed by atoms with van der Waals surface area (Å²) in [6, 6.07) is 22.4. The Balaban J connectivity index is 1.03. The van der Waals surface area contributed by atoms with Crippen LogP contribution in [0.2, 0.25) is 0 Å². The third-order valence-corrected chi connectivity index (χ3v) is 11.6. The number of ether oxygens (including phenoxy) is 6. The van der Waals surface area contributed by atoms with Crippen molar-refractivity contribution in [2.24, 2.45) is 0 Å². The predicted molar refractivity (Wildman–Crippen MR) is 247 cm³/mol. The number of carbonyl (C=O) groups is 4. The first-order valence-corrected chi connectivity index (χ1v) is 22.3. The minimum absolute atomic E-state index is 0.0782. The van der Waals surface area contributed by atoms with Gasteiger partial charge in [-0.15, -0.1) is 0 Å². The molecule has 64 heavy (non-hydrogen) atoms. The lowest BCUT2D eigenvalue weighted by atomic mass is 9.95. The van der Waals surface area contributed by atoms with Crippen LogP contribution in [0.25, 0.3) is 22.3 Å². The molecular weight excluding hydrogens is 813 g/mol. The van der Waals surface area contributed by atoms with E-state index in [-0.39, 0.29) is 24.4 Å². The van der Waals surface area contributed by atoms with E-state index in [1.54, 1.807) is 40.2 Å². The zero-order valence-electron chi connectivity index (χ0n) is 38.1. The number of ketones is 2. The van der Waals surface area contributed by atoms with Crippen LogP contribution in [0.3, 0.4) is 0 Å². The van der Waals surface area contributed by atoms with Gasteiger partial charge in [0.25, 0.3) is 0 Å². The molecule has 2 aliphatic heterocycles. The predicted octanol–water partition coefficient (Wildman–Crippen LogP) is 8.87. The number of nitrogens with zero attached hydrogens (tertiary/aromatic N) is 2. The normalized spacial score (nSPS) is 15.2. The summed E-state index contributed by atoms with van der Waals surface area (Å²) in [6.07, 6.45) is 5.00. The largest absolute Gasteiger partial charge is 0.497 e. The molecule has 12 heteroatoms. The van der Waals surface area contributed by atoms with Crippen LogP contribution in [0.15, 0.2) is 84.9 Å². The molecule has 0 spiro atoms. The quantitative estimate of drug-likeness (QED) is 0.0425. The number of esters is 2. The number of methoxy groups -OCH3 is 2. The van der Waals surface area contributed by atoms with Crippen molar-refractivity contribution >= 4 is 23.5 Å². The van der Waals surface area contributed by atoms with Crippen molar-refractivity contribution in [3.63, 3.8) is 0 Å². The molecule has 0 amide bonds. The highest BCUT2D eigenvalue weighted by atomic mass is 16.5. The van der Waals surface area contributed by atoms with Crippen molar-refractivity contribution in [1.82, 2.24) is 9.80 Å². The van der Waals surface area contributed by atoms with Crippen molar-refractivity contribution < 1.29 is 47.6 Å². The van der Waals surface area contributed by atoms with Gasteiger partial charge in [-0.2, -0.15) is 0 Å². The van der Waals surface area contributed by atoms with Gasteiger partial charge < -0.3 is 28.4 Å². The molecule has 2 fully saturated rings. The van der Waals surface area contributed by atoms with Crippen molar-refractivity contribution in [2.75, 3.05) is 66.7 Å². The number of rotatable bonds is 22. The van der Waals surface area contributed by atoms with Gasteiger partial charge in [-0.3, -0.25) is 19.4 Å². The molecule has 6 rings (SSSR count). The van der Waals surface area contributed by atoms with Gasteiger partial charge >= 0.3 is 11.9 Å². The van der Waals surface area contributed by atoms with Crippen molar-refractivity contribution in [3.05, 3.63) is 107 Å². The second-order valence-corrected chi connectivity index (χ2v) is 16.7. The fourth-order valence-corrected chi connectivity index (χ4v) is 8.24. The third-order valence-electron chi connectivity index (χ3n) is 11.6. The SMILES string of the molecule is COc1ccc(-c2cc(C(=O)CC(C)OC(=O)/C=C/C(=O)OC(C)CC(=O)c3cc(C)c(OCCN4CCCC4)c(-c4ccc(OC)cc4)c3)cc(C)c2OCCN2CCCC2)cc1. The van der Waals surface area contributed by atoms with Crippen LogP contribution in [-0.4, -0.2) is 112 Å². The molecule has 0 aromatic heterocycles. The van der Waals surface area contributed by atoms with Crippen molar-refractivity contribution in [2.45, 2.75) is 78.4 Å². The highest BCUT2D eigenvalue weighted by Crippen LogP contribution is 2.37. The maximum absolute atomic E-state index is 13.6. The highest BCUT2D eigenvalue weighted by Gasteiger charge is 2.22. The number of Topliss-reactive ketones (excluding diaryl/α,β-unsaturated/α-hetero) is 2. The Morgan fingerprint density at radius 1 is 0.562 bits per heavy atom. The van der Waals surface area contributed by atoms with Gasteiger partial charge in [-0.25, -0.2) is 9.59 Å². The highest BCUT2D eigenvalue weighted by molar-refractivity contribution is 6.00. The number of hydrogen-bond donors (Lipinski definition) is 0. The topological polar surface area (TPSA) is 130 Å². The van der Waals surface area contributed by atoms with Crippen LogP contribution >= 0.6 is 0 Å². The lowest BCUT2D eigenvalue weighted by molar-refractivity contribution is -0.144. The number of hydrogen-bond acceptors (Lipinski definition) is 12. The zero-order chi connectivity index (χ0) is 45.6. The minimum Gasteiger partial charge on any atom is -0.497 e. The lowest BCUT2D eigenvalue weighted by Crippen LogP contribution is -2.25. The summed E-state index contributed by atoms with van der Waals surface area (Å²) in [5.41, 5.74) is 5.89. The van der Waals surface area contributed by atoms with E-state index in [9.17, 15) is 19.2 Å². The van der Waals surface area contributed by atoms with Crippen LogP contribution in [0, 0.1) is 13.8 Å². The van der Waals surface area contributed by atoms with Crippen molar-refractivity contribution in [1.29, 1.82) is 0 Å². The molecule has 12 nitrogen and oxygen atoms in total. The van der Waals surface area contributed by atoms with Crippen LogP contribution in [0.4, 0.5) is 0 Å². The monoisotopic (exact) mass is 874 g/mol. The van der Waals surface area contributed by atoms with Gasteiger partial charge in [0.2, 0.25) is 0 Å². The first-order valence-electron chi connectivity index (χ1n) is 22.3. The molecule has 2 aliphatic rings. The second-order valence-electron chi connectivity index (χ2n) is 16.7. The number of likely N-dealkylation sites (tertiary alicyclic amines) is 2. The first kappa shape index (κ1) is 47.5. The van der Waals surface area contributed by atoms with E-state index in [1.807, 2.05) is 74.5 Å². The molecule has 0 bridgehead atoms. The van der Waals surface area contributed by atoms with E-state index in [2.05, 4.69) is 9.80 Å². The van der Waals surface area contributed by atoms with Crippen molar-refractivity contribution in [3.8, 4) is 45.3 Å². The average molecular weight is 875 g/mol. The molecule has 2 atom stereocenters. The summed E-state index contributed by atoms with van der Waals surface area (Å²) in [6.45, 7) is 14.1. The second kappa shape index (κ2) is 23.1. The maximum Gasteiger partial charge on any atom is 0.331 e. The molecule has 340 valence electrons. The van der Waals surface area contributed by atoms with Gasteiger partial charge in [0.15, 0.2) is 11.6 Å². The number of carbonyl (C=O) groups excluding carboxylic acids is 4. The van der Waals surface area contributed by atoms with E-state index in [0.717, 1.165) is 84.8 Å². The smallest absolute Gasteiger partial charge is 0.331 e. The van der Waals surface area contributed by atoms with Gasteiger partial charge in [0.05, 0.1) is 14.2 Å². The first-order chi connectivity index (χ1) is 30.9. The van der Waals surface area contributed by atoms with E-state index >= 15 is 0 Å². The molecule has 4 aromatic carbocycles. The zero-order valence-corrected chi connectivity index (χ0v) is 38.1. The minimum atomic E-state index is -0.804. The fourth-order valence-electron chi connectivity index (χ4n) is 8.24. The Hall–Kier alpha value is -5.98. The summed E-state index contributed by atoms with van der Waals surface area (Å²) in [5.74, 6) is 0.829. The summed E-state index contributed by atoms with van der Waals surface area (Å²) in [7, 11) is 3.22. The molecule has 0 aliphatic carbocycles. The van der Waals surface area contributed by atoms with E-state index in [1.165, 1.54) is 25.7 Å². The Labute approximate surface area is 377 Å². The van der Waals surface area contributed by atoms with Gasteiger partial charge in [-0.1, -0.05) is 24.3 Å². The Kier molecular flexibility index (Phi) is 17.1. The fraction of sp³-hybridized carbons (Fsp3) is 0.423. The van der Waals surface area contributed by atoms with Crippen LogP contribution in [-0.2, 0) is 19.1 Å². The molecular formula is C52H62N2O10. The standard InChI is InChI=1S/C52H62N2O10/c1-35-29-41(33-45(39-11-15-43(59-5)16-12-39)51(35)61-27-25-53-21-7-8-22-53)47(55)31-37(3)63-49(57)19-20-50(58)64-38(4)32-48(56)42-30-36(2)52(62-28-26-54-23-9-10-24-54)46(34-42)40-13-17-44(60-6)18-14-40/h11-20,29-30,33-34,37-38H,7-10,21-28,31-32H2,1-6H3/b20-19+. The third kappa shape index (κ3) is 13.3. The van der Waals surface area contributed by atoms with E-state index in [4.69, 9.17) is 28.4 Å². The molecule has 0 saturated carbocycles. The lowest BCUT2D eigenvalue weighted by Gasteiger charge is -2.20. The summed E-state index contributed by atoms with van der Waals surface area (Å²) >= 11 is 0. The van der Waals surface area contributed by atoms with Crippen LogP contribution < -0.4 is 18.9 Å². The summed E-state index contributed by atoms with van der Waals surface area (Å²) in [5, 5.41) is 0. The Morgan fingerprint density at radius 2 is 0.922 bits per heavy atom. The Morgan fingerprint density at radius 3 is 1.27 bits per heavy atom. The van der Waals surface area contributed by atoms with Gasteiger partial charge in [0, 0.05) is 60.3 Å². The molecule has 0 N–H and O–H groups in total. The number of aryl methyl sites for hydroxylation is 2. The van der Waals surface area contributed by atoms with Crippen LogP contribution in [0.1, 0.15) is 84.2 Å². The Bertz CT molecular complexity index is 2100. The molecule has 4 aromatic rings. The van der Waals surface area contributed by atoms with E-state index < -0.39 is 24.1 Å². The molecule has 0 radical (unpaired) electrons. The molecule has 2 unspecified atom stereocenters. The maximum atomic E-state index is 13.6. The van der Waals surface area contributed by atoms with Crippen LogP contribution in [0.5, 0.6) is 23.0 Å². The van der Waals surface area contributed by atoms with Gasteiger partial charge in [-0.05, 0) is 150 Å². The average Bonchev–Trinajstić information content (AvgIpc) is 4.02.